The van der Waals surface area contributed by atoms with E-state index in [9.17, 15) is 5.11 Å². The summed E-state index contributed by atoms with van der Waals surface area (Å²) in [6.07, 6.45) is -0.599. The summed E-state index contributed by atoms with van der Waals surface area (Å²) >= 11 is 0. The first-order chi connectivity index (χ1) is 10.4. The normalized spacial score (nSPS) is 13.5. The molecule has 1 aromatic carbocycles. The maximum atomic E-state index is 10.1. The highest BCUT2D eigenvalue weighted by molar-refractivity contribution is 5.87. The SMILES string of the molecule is COCC(C)(C)NC[C@H](O)COc1cccc2[nH]nc(C)c12. The molecule has 1 atom stereocenters. The molecule has 0 saturated heterocycles. The Morgan fingerprint density at radius 1 is 1.41 bits per heavy atom. The Morgan fingerprint density at radius 2 is 2.18 bits per heavy atom. The van der Waals surface area contributed by atoms with Crippen molar-refractivity contribution in [3.63, 3.8) is 0 Å². The molecule has 122 valence electrons. The number of methoxy groups -OCH3 is 1. The van der Waals surface area contributed by atoms with E-state index in [1.807, 2.05) is 39.0 Å². The molecule has 0 amide bonds. The Hall–Kier alpha value is -1.63. The third-order valence-electron chi connectivity index (χ3n) is 3.48. The van der Waals surface area contributed by atoms with E-state index in [-0.39, 0.29) is 12.1 Å². The second-order valence-electron chi connectivity index (χ2n) is 6.15. The van der Waals surface area contributed by atoms with Crippen molar-refractivity contribution in [3.8, 4) is 5.75 Å². The fourth-order valence-electron chi connectivity index (χ4n) is 2.37. The molecule has 22 heavy (non-hydrogen) atoms. The van der Waals surface area contributed by atoms with E-state index in [1.165, 1.54) is 0 Å². The smallest absolute Gasteiger partial charge is 0.130 e. The molecule has 0 aliphatic heterocycles. The number of aromatic nitrogens is 2. The Kier molecular flexibility index (Phi) is 5.39. The molecule has 0 aliphatic carbocycles. The van der Waals surface area contributed by atoms with E-state index in [4.69, 9.17) is 9.47 Å². The van der Waals surface area contributed by atoms with Crippen molar-refractivity contribution in [3.05, 3.63) is 23.9 Å². The summed E-state index contributed by atoms with van der Waals surface area (Å²) in [6.45, 7) is 7.22. The van der Waals surface area contributed by atoms with Crippen molar-refractivity contribution in [2.45, 2.75) is 32.4 Å². The summed E-state index contributed by atoms with van der Waals surface area (Å²) in [5, 5.41) is 21.4. The Bertz CT molecular complexity index is 610. The van der Waals surface area contributed by atoms with Crippen LogP contribution in [0.3, 0.4) is 0 Å². The number of fused-ring (bicyclic) bond motifs is 1. The third kappa shape index (κ3) is 4.19. The Morgan fingerprint density at radius 3 is 2.91 bits per heavy atom. The standard InChI is InChI=1S/C16H25N3O3/c1-11-15-13(19-18-11)6-5-7-14(15)22-9-12(20)8-17-16(2,3)10-21-4/h5-7,12,17,20H,8-10H2,1-4H3,(H,18,19)/t12-/m0/s1. The molecule has 3 N–H and O–H groups in total. The molecule has 1 heterocycles. The van der Waals surface area contributed by atoms with Crippen LogP contribution in [0.5, 0.6) is 5.75 Å². The van der Waals surface area contributed by atoms with Crippen LogP contribution >= 0.6 is 0 Å². The predicted octanol–water partition coefficient (Wildman–Crippen LogP) is 1.63. The largest absolute Gasteiger partial charge is 0.490 e. The molecular weight excluding hydrogens is 282 g/mol. The van der Waals surface area contributed by atoms with Gasteiger partial charge in [-0.1, -0.05) is 6.07 Å². The van der Waals surface area contributed by atoms with Crippen LogP contribution in [-0.2, 0) is 4.74 Å². The van der Waals surface area contributed by atoms with Gasteiger partial charge in [0.15, 0.2) is 0 Å². The number of H-pyrrole nitrogens is 1. The summed E-state index contributed by atoms with van der Waals surface area (Å²) < 4.78 is 10.9. The summed E-state index contributed by atoms with van der Waals surface area (Å²) in [5.41, 5.74) is 1.64. The van der Waals surface area contributed by atoms with Crippen molar-refractivity contribution >= 4 is 10.9 Å². The van der Waals surface area contributed by atoms with E-state index in [1.54, 1.807) is 7.11 Å². The summed E-state index contributed by atoms with van der Waals surface area (Å²) in [7, 11) is 1.66. The topological polar surface area (TPSA) is 79.4 Å². The van der Waals surface area contributed by atoms with Crippen LogP contribution in [0.15, 0.2) is 18.2 Å². The summed E-state index contributed by atoms with van der Waals surface area (Å²) in [5.74, 6) is 0.735. The van der Waals surface area contributed by atoms with Crippen molar-refractivity contribution in [1.82, 2.24) is 15.5 Å². The van der Waals surface area contributed by atoms with Gasteiger partial charge >= 0.3 is 0 Å². The Labute approximate surface area is 130 Å². The highest BCUT2D eigenvalue weighted by Gasteiger charge is 2.18. The second kappa shape index (κ2) is 7.09. The third-order valence-corrected chi connectivity index (χ3v) is 3.48. The highest BCUT2D eigenvalue weighted by atomic mass is 16.5. The minimum atomic E-state index is -0.599. The first-order valence-electron chi connectivity index (χ1n) is 7.41. The quantitative estimate of drug-likeness (QED) is 0.691. The van der Waals surface area contributed by atoms with Crippen LogP contribution in [0.2, 0.25) is 0 Å². The van der Waals surface area contributed by atoms with E-state index in [0.29, 0.717) is 13.2 Å². The number of aliphatic hydroxyl groups is 1. The number of hydrogen-bond acceptors (Lipinski definition) is 5. The average Bonchev–Trinajstić information content (AvgIpc) is 2.85. The molecule has 2 aromatic rings. The number of benzene rings is 1. The maximum absolute atomic E-state index is 10.1. The van der Waals surface area contributed by atoms with Gasteiger partial charge in [0.05, 0.1) is 23.2 Å². The van der Waals surface area contributed by atoms with Gasteiger partial charge in [0.1, 0.15) is 18.5 Å². The number of rotatable bonds is 8. The number of aliphatic hydroxyl groups excluding tert-OH is 1. The maximum Gasteiger partial charge on any atom is 0.130 e. The van der Waals surface area contributed by atoms with Crippen LogP contribution in [0.25, 0.3) is 10.9 Å². The van der Waals surface area contributed by atoms with Crippen molar-refractivity contribution in [1.29, 1.82) is 0 Å². The highest BCUT2D eigenvalue weighted by Crippen LogP contribution is 2.26. The second-order valence-corrected chi connectivity index (χ2v) is 6.15. The molecule has 0 spiro atoms. The zero-order valence-electron chi connectivity index (χ0n) is 13.6. The van der Waals surface area contributed by atoms with Gasteiger partial charge in [-0.15, -0.1) is 0 Å². The number of aromatic amines is 1. The van der Waals surface area contributed by atoms with Gasteiger partial charge in [-0.25, -0.2) is 0 Å². The molecule has 0 saturated carbocycles. The molecule has 6 nitrogen and oxygen atoms in total. The van der Waals surface area contributed by atoms with Crippen LogP contribution in [0.4, 0.5) is 0 Å². The van der Waals surface area contributed by atoms with Gasteiger partial charge in [0.2, 0.25) is 0 Å². The lowest BCUT2D eigenvalue weighted by Gasteiger charge is -2.26. The molecule has 0 aliphatic rings. The lowest BCUT2D eigenvalue weighted by Crippen LogP contribution is -2.47. The van der Waals surface area contributed by atoms with E-state index < -0.39 is 6.10 Å². The van der Waals surface area contributed by atoms with Gasteiger partial charge in [-0.05, 0) is 32.9 Å². The predicted molar refractivity (Wildman–Crippen MR) is 86.3 cm³/mol. The fraction of sp³-hybridized carbons (Fsp3) is 0.562. The number of nitrogens with one attached hydrogen (secondary N) is 2. The lowest BCUT2D eigenvalue weighted by molar-refractivity contribution is 0.0818. The first kappa shape index (κ1) is 16.7. The van der Waals surface area contributed by atoms with Crippen LogP contribution < -0.4 is 10.1 Å². The monoisotopic (exact) mass is 307 g/mol. The lowest BCUT2D eigenvalue weighted by atomic mass is 10.1. The fourth-order valence-corrected chi connectivity index (χ4v) is 2.37. The number of aryl methyl sites for hydroxylation is 1. The molecule has 2 rings (SSSR count). The van der Waals surface area contributed by atoms with Gasteiger partial charge in [0, 0.05) is 19.2 Å². The van der Waals surface area contributed by atoms with Crippen LogP contribution in [0.1, 0.15) is 19.5 Å². The zero-order chi connectivity index (χ0) is 16.2. The number of hydrogen-bond donors (Lipinski definition) is 3. The van der Waals surface area contributed by atoms with E-state index in [2.05, 4.69) is 15.5 Å². The zero-order valence-corrected chi connectivity index (χ0v) is 13.6. The molecule has 0 fully saturated rings. The molecule has 1 aromatic heterocycles. The molecule has 0 unspecified atom stereocenters. The van der Waals surface area contributed by atoms with Crippen LogP contribution in [0, 0.1) is 6.92 Å². The minimum absolute atomic E-state index is 0.184. The van der Waals surface area contributed by atoms with Crippen molar-refractivity contribution in [2.24, 2.45) is 0 Å². The van der Waals surface area contributed by atoms with Gasteiger partial charge in [0.25, 0.3) is 0 Å². The molecule has 0 bridgehead atoms. The number of β-amino-alcohol motifs (C(OH)–C–C–N with tert-alkyl or cyclic N) is 1. The van der Waals surface area contributed by atoms with E-state index >= 15 is 0 Å². The molecule has 6 heteroatoms. The van der Waals surface area contributed by atoms with Crippen molar-refractivity contribution < 1.29 is 14.6 Å². The van der Waals surface area contributed by atoms with Gasteiger partial charge < -0.3 is 19.9 Å². The van der Waals surface area contributed by atoms with Gasteiger partial charge in [-0.3, -0.25) is 5.10 Å². The summed E-state index contributed by atoms with van der Waals surface area (Å²) in [4.78, 5) is 0. The summed E-state index contributed by atoms with van der Waals surface area (Å²) in [6, 6.07) is 5.74. The number of ether oxygens (including phenoxy) is 2. The van der Waals surface area contributed by atoms with Crippen molar-refractivity contribution in [2.75, 3.05) is 26.9 Å². The van der Waals surface area contributed by atoms with Crippen LogP contribution in [-0.4, -0.2) is 53.8 Å². The molecule has 0 radical (unpaired) electrons. The van der Waals surface area contributed by atoms with Gasteiger partial charge in [-0.2, -0.15) is 5.10 Å². The Balaban J connectivity index is 1.90. The first-order valence-corrected chi connectivity index (χ1v) is 7.41. The average molecular weight is 307 g/mol. The minimum Gasteiger partial charge on any atom is -0.490 e. The number of nitrogens with zero attached hydrogens (tertiary/aromatic N) is 1. The molecular formula is C16H25N3O3. The van der Waals surface area contributed by atoms with E-state index in [0.717, 1.165) is 22.3 Å².